The Bertz CT molecular complexity index is 405. The lowest BCUT2D eigenvalue weighted by Crippen LogP contribution is -2.45. The molecule has 114 valence electrons. The van der Waals surface area contributed by atoms with Crippen LogP contribution >= 0.6 is 11.8 Å². The summed E-state index contributed by atoms with van der Waals surface area (Å²) in [6, 6.07) is 1.80. The van der Waals surface area contributed by atoms with E-state index in [2.05, 4.69) is 27.5 Å². The van der Waals surface area contributed by atoms with E-state index in [-0.39, 0.29) is 13.2 Å². The van der Waals surface area contributed by atoms with Crippen molar-refractivity contribution in [3.63, 3.8) is 0 Å². The van der Waals surface area contributed by atoms with Gasteiger partial charge in [-0.05, 0) is 19.1 Å². The summed E-state index contributed by atoms with van der Waals surface area (Å²) in [4.78, 5) is 8.74. The van der Waals surface area contributed by atoms with Gasteiger partial charge < -0.3 is 20.8 Å². The molecule has 0 saturated heterocycles. The van der Waals surface area contributed by atoms with Crippen molar-refractivity contribution in [2.75, 3.05) is 36.6 Å². The van der Waals surface area contributed by atoms with Gasteiger partial charge in [0.2, 0.25) is 0 Å². The molecule has 0 aromatic carbocycles. The highest BCUT2D eigenvalue weighted by Crippen LogP contribution is 2.22. The maximum atomic E-state index is 9.49. The zero-order valence-electron chi connectivity index (χ0n) is 12.3. The van der Waals surface area contributed by atoms with Gasteiger partial charge in [0.05, 0.1) is 18.8 Å². The Morgan fingerprint density at radius 3 is 2.35 bits per heavy atom. The molecule has 1 aromatic heterocycles. The van der Waals surface area contributed by atoms with Gasteiger partial charge in [0.25, 0.3) is 0 Å². The SMILES string of the molecule is CCCNc1cc(NC(CC)(CO)CO)nc(SC)n1. The van der Waals surface area contributed by atoms with Gasteiger partial charge in [0.1, 0.15) is 11.6 Å². The average molecular weight is 300 g/mol. The van der Waals surface area contributed by atoms with Crippen molar-refractivity contribution in [2.24, 2.45) is 0 Å². The number of anilines is 2. The number of nitrogens with one attached hydrogen (secondary N) is 2. The van der Waals surface area contributed by atoms with E-state index < -0.39 is 5.54 Å². The molecule has 6 nitrogen and oxygen atoms in total. The van der Waals surface area contributed by atoms with Gasteiger partial charge in [-0.15, -0.1) is 0 Å². The van der Waals surface area contributed by atoms with E-state index in [1.807, 2.05) is 13.2 Å². The van der Waals surface area contributed by atoms with Gasteiger partial charge in [-0.3, -0.25) is 0 Å². The number of thioether (sulfide) groups is 1. The first-order valence-corrected chi connectivity index (χ1v) is 8.02. The summed E-state index contributed by atoms with van der Waals surface area (Å²) in [5, 5.41) is 26.0. The highest BCUT2D eigenvalue weighted by atomic mass is 32.2. The minimum absolute atomic E-state index is 0.156. The van der Waals surface area contributed by atoms with Crippen LogP contribution < -0.4 is 10.6 Å². The molecule has 0 bridgehead atoms. The summed E-state index contributed by atoms with van der Waals surface area (Å²) in [5.74, 6) is 1.35. The van der Waals surface area contributed by atoms with E-state index in [0.717, 1.165) is 18.8 Å². The van der Waals surface area contributed by atoms with Crippen LogP contribution in [0.4, 0.5) is 11.6 Å². The van der Waals surface area contributed by atoms with Crippen molar-refractivity contribution in [2.45, 2.75) is 37.4 Å². The summed E-state index contributed by atoms with van der Waals surface area (Å²) in [6.07, 6.45) is 3.51. The number of aliphatic hydroxyl groups excluding tert-OH is 2. The molecule has 1 heterocycles. The van der Waals surface area contributed by atoms with Crippen molar-refractivity contribution < 1.29 is 10.2 Å². The summed E-state index contributed by atoms with van der Waals surface area (Å²) in [7, 11) is 0. The number of aromatic nitrogens is 2. The monoisotopic (exact) mass is 300 g/mol. The molecule has 7 heteroatoms. The Hall–Kier alpha value is -1.05. The molecule has 4 N–H and O–H groups in total. The minimum Gasteiger partial charge on any atom is -0.394 e. The normalized spacial score (nSPS) is 11.4. The maximum Gasteiger partial charge on any atom is 0.191 e. The van der Waals surface area contributed by atoms with Crippen molar-refractivity contribution in [3.8, 4) is 0 Å². The predicted molar refractivity (Wildman–Crippen MR) is 83.4 cm³/mol. The van der Waals surface area contributed by atoms with Crippen LogP contribution in [-0.4, -0.2) is 51.7 Å². The molecule has 0 aliphatic rings. The zero-order valence-corrected chi connectivity index (χ0v) is 13.1. The Morgan fingerprint density at radius 2 is 1.85 bits per heavy atom. The lowest BCUT2D eigenvalue weighted by atomic mass is 9.98. The van der Waals surface area contributed by atoms with Crippen LogP contribution in [0, 0.1) is 0 Å². The number of rotatable bonds is 9. The fraction of sp³-hybridized carbons (Fsp3) is 0.692. The number of hydrogen-bond acceptors (Lipinski definition) is 7. The van der Waals surface area contributed by atoms with Crippen LogP contribution in [0.2, 0.25) is 0 Å². The zero-order chi connectivity index (χ0) is 15.0. The first-order chi connectivity index (χ1) is 9.62. The van der Waals surface area contributed by atoms with E-state index in [4.69, 9.17) is 0 Å². The largest absolute Gasteiger partial charge is 0.394 e. The maximum absolute atomic E-state index is 9.49. The molecule has 1 rings (SSSR count). The molecule has 20 heavy (non-hydrogen) atoms. The highest BCUT2D eigenvalue weighted by Gasteiger charge is 2.27. The fourth-order valence-electron chi connectivity index (χ4n) is 1.64. The van der Waals surface area contributed by atoms with Crippen LogP contribution in [0.15, 0.2) is 11.2 Å². The van der Waals surface area contributed by atoms with E-state index in [1.54, 1.807) is 6.07 Å². The van der Waals surface area contributed by atoms with Crippen LogP contribution in [-0.2, 0) is 0 Å². The standard InChI is InChI=1S/C13H24N4O2S/c1-4-6-14-10-7-11(16-12(15-10)20-3)17-13(5-2,8-18)9-19/h7,18-19H,4-6,8-9H2,1-3H3,(H2,14,15,16,17). The van der Waals surface area contributed by atoms with E-state index in [1.165, 1.54) is 11.8 Å². The lowest BCUT2D eigenvalue weighted by molar-refractivity contribution is 0.132. The van der Waals surface area contributed by atoms with Gasteiger partial charge in [-0.25, -0.2) is 9.97 Å². The Balaban J connectivity index is 2.98. The van der Waals surface area contributed by atoms with Gasteiger partial charge in [-0.1, -0.05) is 25.6 Å². The quantitative estimate of drug-likeness (QED) is 0.406. The van der Waals surface area contributed by atoms with Gasteiger partial charge >= 0.3 is 0 Å². The molecule has 0 radical (unpaired) electrons. The van der Waals surface area contributed by atoms with Crippen molar-refractivity contribution in [1.82, 2.24) is 9.97 Å². The van der Waals surface area contributed by atoms with Crippen LogP contribution in [0.25, 0.3) is 0 Å². The van der Waals surface area contributed by atoms with Crippen molar-refractivity contribution in [3.05, 3.63) is 6.07 Å². The first-order valence-electron chi connectivity index (χ1n) is 6.80. The minimum atomic E-state index is -0.758. The molecule has 0 spiro atoms. The Labute approximate surface area is 124 Å². The van der Waals surface area contributed by atoms with Crippen LogP contribution in [0.3, 0.4) is 0 Å². The summed E-state index contributed by atoms with van der Waals surface area (Å²) in [5.41, 5.74) is -0.758. The smallest absolute Gasteiger partial charge is 0.191 e. The van der Waals surface area contributed by atoms with Crippen LogP contribution in [0.5, 0.6) is 0 Å². The lowest BCUT2D eigenvalue weighted by Gasteiger charge is -2.30. The Morgan fingerprint density at radius 1 is 1.20 bits per heavy atom. The second kappa shape index (κ2) is 8.28. The van der Waals surface area contributed by atoms with Gasteiger partial charge in [-0.2, -0.15) is 0 Å². The molecular formula is C13H24N4O2S. The molecular weight excluding hydrogens is 276 g/mol. The third-order valence-electron chi connectivity index (χ3n) is 3.12. The number of nitrogens with zero attached hydrogens (tertiary/aromatic N) is 2. The summed E-state index contributed by atoms with van der Waals surface area (Å²) < 4.78 is 0. The van der Waals surface area contributed by atoms with Gasteiger partial charge in [0.15, 0.2) is 5.16 Å². The number of hydrogen-bond donors (Lipinski definition) is 4. The molecule has 0 aliphatic heterocycles. The van der Waals surface area contributed by atoms with E-state index in [0.29, 0.717) is 17.4 Å². The summed E-state index contributed by atoms with van der Waals surface area (Å²) in [6.45, 7) is 4.52. The molecule has 0 amide bonds. The van der Waals surface area contributed by atoms with Crippen molar-refractivity contribution in [1.29, 1.82) is 0 Å². The molecule has 0 fully saturated rings. The first kappa shape index (κ1) is 17.0. The fourth-order valence-corrected chi connectivity index (χ4v) is 2.02. The predicted octanol–water partition coefficient (Wildman–Crippen LogP) is 1.57. The van der Waals surface area contributed by atoms with E-state index >= 15 is 0 Å². The molecule has 0 saturated carbocycles. The highest BCUT2D eigenvalue weighted by molar-refractivity contribution is 7.98. The Kier molecular flexibility index (Phi) is 7.04. The van der Waals surface area contributed by atoms with Crippen molar-refractivity contribution >= 4 is 23.4 Å². The third kappa shape index (κ3) is 4.50. The van der Waals surface area contributed by atoms with Gasteiger partial charge in [0, 0.05) is 12.6 Å². The summed E-state index contributed by atoms with van der Waals surface area (Å²) >= 11 is 1.45. The average Bonchev–Trinajstić information content (AvgIpc) is 2.50. The molecule has 0 atom stereocenters. The second-order valence-electron chi connectivity index (χ2n) is 4.63. The molecule has 0 unspecified atom stereocenters. The third-order valence-corrected chi connectivity index (χ3v) is 3.67. The van der Waals surface area contributed by atoms with E-state index in [9.17, 15) is 10.2 Å². The molecule has 1 aromatic rings. The number of aliphatic hydroxyl groups is 2. The van der Waals surface area contributed by atoms with Crippen LogP contribution in [0.1, 0.15) is 26.7 Å². The molecule has 0 aliphatic carbocycles. The second-order valence-corrected chi connectivity index (χ2v) is 5.40. The topological polar surface area (TPSA) is 90.3 Å².